The predicted molar refractivity (Wildman–Crippen MR) is 43.4 cm³/mol. The predicted octanol–water partition coefficient (Wildman–Crippen LogP) is 2.85. The van der Waals surface area contributed by atoms with Crippen molar-refractivity contribution in [2.45, 2.75) is 38.5 Å². The fourth-order valence-electron chi connectivity index (χ4n) is 1.70. The van der Waals surface area contributed by atoms with Crippen LogP contribution < -0.4 is 0 Å². The summed E-state index contributed by atoms with van der Waals surface area (Å²) < 4.78 is 30.8. The van der Waals surface area contributed by atoms with Gasteiger partial charge in [-0.05, 0) is 25.7 Å². The molecule has 1 aliphatic carbocycles. The fraction of sp³-hybridized carbons (Fsp3) is 1.00. The summed E-state index contributed by atoms with van der Waals surface area (Å²) in [4.78, 5) is 0. The lowest BCUT2D eigenvalue weighted by Crippen LogP contribution is -2.28. The Morgan fingerprint density at radius 3 is 2.83 bits per heavy atom. The minimum Gasteiger partial charge on any atom is -0.381 e. The minimum absolute atomic E-state index is 0.0208. The lowest BCUT2D eigenvalue weighted by Gasteiger charge is -2.28. The Balaban J connectivity index is 2.26. The monoisotopic (exact) mass is 178 g/mol. The third-order valence-corrected chi connectivity index (χ3v) is 2.30. The first kappa shape index (κ1) is 9.90. The van der Waals surface area contributed by atoms with Gasteiger partial charge < -0.3 is 4.74 Å². The highest BCUT2D eigenvalue weighted by atomic mass is 19.3. The van der Waals surface area contributed by atoms with Gasteiger partial charge in [-0.1, -0.05) is 0 Å². The molecule has 3 heteroatoms. The van der Waals surface area contributed by atoms with Crippen LogP contribution in [0.1, 0.15) is 32.6 Å². The van der Waals surface area contributed by atoms with Gasteiger partial charge in [-0.25, -0.2) is 8.78 Å². The van der Waals surface area contributed by atoms with Crippen LogP contribution in [0.25, 0.3) is 0 Å². The molecule has 0 aromatic rings. The van der Waals surface area contributed by atoms with Crippen LogP contribution in [-0.2, 0) is 4.74 Å². The normalized spacial score (nSPS) is 28.8. The highest BCUT2D eigenvalue weighted by molar-refractivity contribution is 4.77. The maximum atomic E-state index is 12.8. The molecule has 0 aliphatic heterocycles. The molecule has 1 aliphatic rings. The van der Waals surface area contributed by atoms with Gasteiger partial charge in [0, 0.05) is 26.1 Å². The number of ether oxygens (including phenoxy) is 1. The summed E-state index contributed by atoms with van der Waals surface area (Å²) in [6.45, 7) is 3.02. The van der Waals surface area contributed by atoms with Crippen LogP contribution in [0.2, 0.25) is 0 Å². The third-order valence-electron chi connectivity index (χ3n) is 2.30. The molecule has 0 radical (unpaired) electrons. The van der Waals surface area contributed by atoms with Crippen molar-refractivity contribution >= 4 is 0 Å². The fourth-order valence-corrected chi connectivity index (χ4v) is 1.70. The third kappa shape index (κ3) is 3.05. The molecule has 0 aromatic heterocycles. The Bertz CT molecular complexity index is 136. The SMILES string of the molecule is CCOCC1CCCC(F)(F)C1. The van der Waals surface area contributed by atoms with Crippen LogP contribution in [0.5, 0.6) is 0 Å². The first-order valence-corrected chi connectivity index (χ1v) is 4.59. The second kappa shape index (κ2) is 4.17. The molecule has 1 fully saturated rings. The van der Waals surface area contributed by atoms with Crippen LogP contribution in [0.3, 0.4) is 0 Å². The summed E-state index contributed by atoms with van der Waals surface area (Å²) in [7, 11) is 0. The van der Waals surface area contributed by atoms with Crippen molar-refractivity contribution in [3.8, 4) is 0 Å². The lowest BCUT2D eigenvalue weighted by atomic mass is 9.87. The summed E-state index contributed by atoms with van der Waals surface area (Å²) in [5.41, 5.74) is 0. The molecular weight excluding hydrogens is 162 g/mol. The summed E-state index contributed by atoms with van der Waals surface area (Å²) in [5.74, 6) is -2.35. The summed E-state index contributed by atoms with van der Waals surface area (Å²) in [5, 5.41) is 0. The van der Waals surface area contributed by atoms with Gasteiger partial charge in [-0.15, -0.1) is 0 Å². The minimum atomic E-state index is -2.43. The molecular formula is C9H16F2O. The van der Waals surface area contributed by atoms with E-state index in [0.29, 0.717) is 19.6 Å². The Morgan fingerprint density at radius 1 is 1.50 bits per heavy atom. The van der Waals surface area contributed by atoms with E-state index in [1.54, 1.807) is 0 Å². The summed E-state index contributed by atoms with van der Waals surface area (Å²) >= 11 is 0. The largest absolute Gasteiger partial charge is 0.381 e. The van der Waals surface area contributed by atoms with Crippen LogP contribution >= 0.6 is 0 Å². The molecule has 0 saturated heterocycles. The van der Waals surface area contributed by atoms with Crippen molar-refractivity contribution in [1.29, 1.82) is 0 Å². The van der Waals surface area contributed by atoms with Gasteiger partial charge in [0.2, 0.25) is 5.92 Å². The van der Waals surface area contributed by atoms with Gasteiger partial charge in [0.15, 0.2) is 0 Å². The van der Waals surface area contributed by atoms with Crippen molar-refractivity contribution in [2.24, 2.45) is 5.92 Å². The molecule has 0 N–H and O–H groups in total. The first-order chi connectivity index (χ1) is 5.64. The molecule has 1 unspecified atom stereocenters. The van der Waals surface area contributed by atoms with Gasteiger partial charge in [0.1, 0.15) is 0 Å². The maximum Gasteiger partial charge on any atom is 0.248 e. The quantitative estimate of drug-likeness (QED) is 0.645. The zero-order chi connectivity index (χ0) is 9.03. The standard InChI is InChI=1S/C9H16F2O/c1-2-12-7-8-4-3-5-9(10,11)6-8/h8H,2-7H2,1H3. The first-order valence-electron chi connectivity index (χ1n) is 4.59. The molecule has 1 atom stereocenters. The van der Waals surface area contributed by atoms with Gasteiger partial charge in [0.05, 0.1) is 0 Å². The number of rotatable bonds is 3. The Labute approximate surface area is 72.1 Å². The zero-order valence-corrected chi connectivity index (χ0v) is 7.48. The lowest BCUT2D eigenvalue weighted by molar-refractivity contribution is -0.0659. The van der Waals surface area contributed by atoms with Gasteiger partial charge in [-0.3, -0.25) is 0 Å². The van der Waals surface area contributed by atoms with Crippen molar-refractivity contribution in [2.75, 3.05) is 13.2 Å². The van der Waals surface area contributed by atoms with Gasteiger partial charge in [-0.2, -0.15) is 0 Å². The van der Waals surface area contributed by atoms with E-state index in [4.69, 9.17) is 4.74 Å². The van der Waals surface area contributed by atoms with Crippen molar-refractivity contribution < 1.29 is 13.5 Å². The molecule has 1 nitrogen and oxygen atoms in total. The van der Waals surface area contributed by atoms with Crippen molar-refractivity contribution in [3.63, 3.8) is 0 Å². The smallest absolute Gasteiger partial charge is 0.248 e. The van der Waals surface area contributed by atoms with Crippen LogP contribution in [0, 0.1) is 5.92 Å². The highest BCUT2D eigenvalue weighted by Crippen LogP contribution is 2.36. The Morgan fingerprint density at radius 2 is 2.25 bits per heavy atom. The molecule has 12 heavy (non-hydrogen) atoms. The van der Waals surface area contributed by atoms with Gasteiger partial charge >= 0.3 is 0 Å². The van der Waals surface area contributed by atoms with E-state index in [0.717, 1.165) is 6.42 Å². The van der Waals surface area contributed by atoms with E-state index in [-0.39, 0.29) is 18.8 Å². The van der Waals surface area contributed by atoms with E-state index in [1.807, 2.05) is 6.92 Å². The topological polar surface area (TPSA) is 9.23 Å². The molecule has 1 rings (SSSR count). The maximum absolute atomic E-state index is 12.8. The van der Waals surface area contributed by atoms with Gasteiger partial charge in [0.25, 0.3) is 0 Å². The molecule has 0 heterocycles. The Hall–Kier alpha value is -0.180. The molecule has 0 aromatic carbocycles. The average Bonchev–Trinajstić information content (AvgIpc) is 1.99. The van der Waals surface area contributed by atoms with E-state index >= 15 is 0 Å². The molecule has 0 amide bonds. The zero-order valence-electron chi connectivity index (χ0n) is 7.48. The second-order valence-electron chi connectivity index (χ2n) is 3.48. The number of halogens is 2. The highest BCUT2D eigenvalue weighted by Gasteiger charge is 2.35. The van der Waals surface area contributed by atoms with Crippen LogP contribution in [-0.4, -0.2) is 19.1 Å². The van der Waals surface area contributed by atoms with Crippen LogP contribution in [0.15, 0.2) is 0 Å². The van der Waals surface area contributed by atoms with Crippen molar-refractivity contribution in [3.05, 3.63) is 0 Å². The van der Waals surface area contributed by atoms with Crippen molar-refractivity contribution in [1.82, 2.24) is 0 Å². The summed E-state index contributed by atoms with van der Waals surface area (Å²) in [6.07, 6.45) is 1.63. The average molecular weight is 178 g/mol. The molecule has 0 bridgehead atoms. The molecule has 0 spiro atoms. The van der Waals surface area contributed by atoms with Crippen LogP contribution in [0.4, 0.5) is 8.78 Å². The second-order valence-corrected chi connectivity index (χ2v) is 3.48. The number of hydrogen-bond donors (Lipinski definition) is 0. The number of alkyl halides is 2. The van der Waals surface area contributed by atoms with E-state index in [1.165, 1.54) is 0 Å². The van der Waals surface area contributed by atoms with E-state index < -0.39 is 5.92 Å². The molecule has 1 saturated carbocycles. The number of hydrogen-bond acceptors (Lipinski definition) is 1. The van der Waals surface area contributed by atoms with E-state index in [2.05, 4.69) is 0 Å². The molecule has 72 valence electrons. The Kier molecular flexibility index (Phi) is 3.44. The summed E-state index contributed by atoms with van der Waals surface area (Å²) in [6, 6.07) is 0. The van der Waals surface area contributed by atoms with E-state index in [9.17, 15) is 8.78 Å².